The van der Waals surface area contributed by atoms with Crippen LogP contribution in [0.5, 0.6) is 5.88 Å². The average molecular weight is 262 g/mol. The third-order valence-electron chi connectivity index (χ3n) is 2.50. The Kier molecular flexibility index (Phi) is 3.66. The summed E-state index contributed by atoms with van der Waals surface area (Å²) in [6, 6.07) is 7.57. The Hall–Kier alpha value is -2.55. The van der Waals surface area contributed by atoms with Gasteiger partial charge in [-0.15, -0.1) is 0 Å². The zero-order valence-corrected chi connectivity index (χ0v) is 10.2. The summed E-state index contributed by atoms with van der Waals surface area (Å²) in [4.78, 5) is 11.3. The van der Waals surface area contributed by atoms with Gasteiger partial charge in [0, 0.05) is 11.5 Å². The topological polar surface area (TPSA) is 64.2 Å². The molecule has 0 N–H and O–H groups in total. The molecule has 0 aliphatic rings. The molecule has 1 heterocycles. The Morgan fingerprint density at radius 2 is 2.26 bits per heavy atom. The van der Waals surface area contributed by atoms with E-state index < -0.39 is 12.0 Å². The van der Waals surface area contributed by atoms with Crippen molar-refractivity contribution in [2.24, 2.45) is 0 Å². The number of nitriles is 1. The Labute approximate surface area is 108 Å². The van der Waals surface area contributed by atoms with Gasteiger partial charge in [0.05, 0.1) is 18.2 Å². The molecule has 0 unspecified atom stereocenters. The van der Waals surface area contributed by atoms with Crippen LogP contribution < -0.4 is 4.74 Å². The van der Waals surface area contributed by atoms with Crippen LogP contribution in [0.15, 0.2) is 24.3 Å². The zero-order valence-electron chi connectivity index (χ0n) is 10.2. The molecule has 0 amide bonds. The van der Waals surface area contributed by atoms with Crippen LogP contribution in [-0.4, -0.2) is 17.3 Å². The summed E-state index contributed by atoms with van der Waals surface area (Å²) in [5.41, 5.74) is 0.613. The van der Waals surface area contributed by atoms with Gasteiger partial charge in [0.25, 0.3) is 0 Å². The molecule has 1 aromatic heterocycles. The van der Waals surface area contributed by atoms with E-state index in [1.165, 1.54) is 28.8 Å². The lowest BCUT2D eigenvalue weighted by Gasteiger charge is -2.06. The summed E-state index contributed by atoms with van der Waals surface area (Å²) >= 11 is 0. The highest BCUT2D eigenvalue weighted by Crippen LogP contribution is 2.26. The second-order valence-electron chi connectivity index (χ2n) is 3.72. The van der Waals surface area contributed by atoms with Crippen molar-refractivity contribution in [2.75, 3.05) is 6.61 Å². The lowest BCUT2D eigenvalue weighted by Crippen LogP contribution is -2.12. The zero-order chi connectivity index (χ0) is 13.8. The highest BCUT2D eigenvalue weighted by Gasteiger charge is 2.14. The summed E-state index contributed by atoms with van der Waals surface area (Å²) in [6.07, 6.45) is -0.857. The minimum atomic E-state index is -0.857. The number of nitrogens with zero attached hydrogens (tertiary/aromatic N) is 2. The second kappa shape index (κ2) is 5.40. The molecule has 2 aromatic rings. The van der Waals surface area contributed by atoms with Gasteiger partial charge in [-0.25, -0.2) is 9.18 Å². The van der Waals surface area contributed by atoms with Crippen molar-refractivity contribution in [1.29, 1.82) is 5.26 Å². The van der Waals surface area contributed by atoms with Crippen molar-refractivity contribution in [3.05, 3.63) is 30.1 Å². The Bertz CT molecular complexity index is 658. The summed E-state index contributed by atoms with van der Waals surface area (Å²) in [5, 5.41) is 9.35. The van der Waals surface area contributed by atoms with E-state index in [2.05, 4.69) is 4.74 Å². The van der Waals surface area contributed by atoms with E-state index in [1.807, 2.05) is 6.07 Å². The number of fused-ring (bicyclic) bond motifs is 1. The van der Waals surface area contributed by atoms with Gasteiger partial charge in [-0.05, 0) is 25.1 Å². The van der Waals surface area contributed by atoms with Gasteiger partial charge in [-0.1, -0.05) is 0 Å². The molecule has 0 spiro atoms. The Morgan fingerprint density at radius 3 is 2.95 bits per heavy atom. The fourth-order valence-electron chi connectivity index (χ4n) is 1.77. The first kappa shape index (κ1) is 12.9. The fourth-order valence-corrected chi connectivity index (χ4v) is 1.77. The monoisotopic (exact) mass is 262 g/mol. The summed E-state index contributed by atoms with van der Waals surface area (Å²) < 4.78 is 24.3. The van der Waals surface area contributed by atoms with Crippen LogP contribution in [0.3, 0.4) is 0 Å². The van der Waals surface area contributed by atoms with Crippen LogP contribution >= 0.6 is 0 Å². The Balaban J connectivity index is 2.44. The summed E-state index contributed by atoms with van der Waals surface area (Å²) in [5.74, 6) is -0.245. The molecule has 1 aromatic carbocycles. The van der Waals surface area contributed by atoms with Gasteiger partial charge in [0.15, 0.2) is 0 Å². The van der Waals surface area contributed by atoms with Crippen molar-refractivity contribution in [3.8, 4) is 11.9 Å². The summed E-state index contributed by atoms with van der Waals surface area (Å²) in [7, 11) is 0. The number of hydrogen-bond acceptors (Lipinski definition) is 4. The van der Waals surface area contributed by atoms with Gasteiger partial charge in [0.2, 0.25) is 5.88 Å². The number of rotatable bonds is 3. The molecule has 0 aliphatic heterocycles. The lowest BCUT2D eigenvalue weighted by atomic mass is 10.2. The highest BCUT2D eigenvalue weighted by molar-refractivity contribution is 5.83. The molecule has 0 atom stereocenters. The lowest BCUT2D eigenvalue weighted by molar-refractivity contribution is 0.101. The first-order chi connectivity index (χ1) is 9.15. The van der Waals surface area contributed by atoms with Crippen LogP contribution in [0, 0.1) is 17.1 Å². The number of hydrogen-bond donors (Lipinski definition) is 0. The largest absolute Gasteiger partial charge is 0.515 e. The van der Waals surface area contributed by atoms with E-state index in [4.69, 9.17) is 10.00 Å². The normalized spacial score (nSPS) is 10.2. The van der Waals surface area contributed by atoms with E-state index in [9.17, 15) is 9.18 Å². The van der Waals surface area contributed by atoms with Crippen molar-refractivity contribution in [1.82, 2.24) is 4.57 Å². The van der Waals surface area contributed by atoms with Gasteiger partial charge in [0.1, 0.15) is 12.4 Å². The third kappa shape index (κ3) is 2.65. The van der Waals surface area contributed by atoms with Crippen LogP contribution in [0.4, 0.5) is 9.18 Å². The maximum absolute atomic E-state index is 13.1. The van der Waals surface area contributed by atoms with Crippen molar-refractivity contribution in [3.63, 3.8) is 0 Å². The van der Waals surface area contributed by atoms with Gasteiger partial charge >= 0.3 is 6.16 Å². The number of halogens is 1. The predicted octanol–water partition coefficient (Wildman–Crippen LogP) is 2.84. The fraction of sp³-hybridized carbons (Fsp3) is 0.231. The molecular formula is C13H11FN2O3. The van der Waals surface area contributed by atoms with Gasteiger partial charge < -0.3 is 9.47 Å². The smallest absolute Gasteiger partial charge is 0.434 e. The van der Waals surface area contributed by atoms with E-state index in [0.717, 1.165) is 0 Å². The Morgan fingerprint density at radius 1 is 1.47 bits per heavy atom. The van der Waals surface area contributed by atoms with E-state index in [0.29, 0.717) is 10.9 Å². The molecule has 19 heavy (non-hydrogen) atoms. The van der Waals surface area contributed by atoms with E-state index >= 15 is 0 Å². The molecule has 0 bridgehead atoms. The van der Waals surface area contributed by atoms with Gasteiger partial charge in [-0.2, -0.15) is 5.26 Å². The molecular weight excluding hydrogens is 251 g/mol. The van der Waals surface area contributed by atoms with Crippen molar-refractivity contribution in [2.45, 2.75) is 13.5 Å². The average Bonchev–Trinajstić information content (AvgIpc) is 2.67. The number of ether oxygens (including phenoxy) is 2. The van der Waals surface area contributed by atoms with Crippen LogP contribution in [0.1, 0.15) is 6.92 Å². The van der Waals surface area contributed by atoms with E-state index in [1.54, 1.807) is 6.92 Å². The molecule has 0 aliphatic carbocycles. The minimum Gasteiger partial charge on any atom is -0.434 e. The van der Waals surface area contributed by atoms with Crippen LogP contribution in [-0.2, 0) is 11.3 Å². The standard InChI is InChI=1S/C13H11FN2O3/c1-2-18-13(17)19-12-8-9-7-10(14)3-4-11(9)16(12)6-5-15/h3-4,7-8H,2,6H2,1H3. The van der Waals surface area contributed by atoms with Gasteiger partial charge in [-0.3, -0.25) is 4.57 Å². The first-order valence-corrected chi connectivity index (χ1v) is 5.66. The second-order valence-corrected chi connectivity index (χ2v) is 3.72. The van der Waals surface area contributed by atoms with Crippen molar-refractivity contribution >= 4 is 17.1 Å². The molecule has 0 saturated carbocycles. The van der Waals surface area contributed by atoms with Crippen molar-refractivity contribution < 1.29 is 18.7 Å². The first-order valence-electron chi connectivity index (χ1n) is 5.66. The minimum absolute atomic E-state index is 0.0100. The molecule has 2 rings (SSSR count). The SMILES string of the molecule is CCOC(=O)Oc1cc2cc(F)ccc2n1CC#N. The van der Waals surface area contributed by atoms with Crippen LogP contribution in [0.25, 0.3) is 10.9 Å². The third-order valence-corrected chi connectivity index (χ3v) is 2.50. The number of aromatic nitrogens is 1. The molecule has 0 fully saturated rings. The molecule has 0 radical (unpaired) electrons. The number of carbonyl (C=O) groups is 1. The maximum atomic E-state index is 13.1. The maximum Gasteiger partial charge on any atom is 0.515 e. The molecule has 5 nitrogen and oxygen atoms in total. The molecule has 98 valence electrons. The summed E-state index contributed by atoms with van der Waals surface area (Å²) in [6.45, 7) is 1.83. The highest BCUT2D eigenvalue weighted by atomic mass is 19.1. The molecule has 0 saturated heterocycles. The molecule has 6 heteroatoms. The number of carbonyl (C=O) groups excluding carboxylic acids is 1. The van der Waals surface area contributed by atoms with E-state index in [-0.39, 0.29) is 19.0 Å². The predicted molar refractivity (Wildman–Crippen MR) is 65.2 cm³/mol. The van der Waals surface area contributed by atoms with Crippen LogP contribution in [0.2, 0.25) is 0 Å². The quantitative estimate of drug-likeness (QED) is 0.798. The number of benzene rings is 1.